The summed E-state index contributed by atoms with van der Waals surface area (Å²) in [6.45, 7) is 6.76. The number of hydrogen-bond donors (Lipinski definition) is 1. The molecule has 0 saturated heterocycles. The van der Waals surface area contributed by atoms with E-state index in [1.807, 2.05) is 0 Å². The van der Waals surface area contributed by atoms with Crippen molar-refractivity contribution in [3.63, 3.8) is 0 Å². The molecule has 19 heteroatoms. The normalized spacial score (nSPS) is 13.9. The second-order valence-corrected chi connectivity index (χ2v) is 14.7. The van der Waals surface area contributed by atoms with E-state index in [4.69, 9.17) is 61.3 Å². The van der Waals surface area contributed by atoms with Gasteiger partial charge >= 0.3 is 29.8 Å². The monoisotopic (exact) mass is 944 g/mol. The van der Waals surface area contributed by atoms with E-state index in [0.29, 0.717) is 17.2 Å². The molecule has 0 spiro atoms. The summed E-state index contributed by atoms with van der Waals surface area (Å²) in [5.41, 5.74) is -0.129. The van der Waals surface area contributed by atoms with Gasteiger partial charge in [-0.3, -0.25) is 0 Å². The summed E-state index contributed by atoms with van der Waals surface area (Å²) in [5, 5.41) is 9.79. The average Bonchev–Trinajstić information content (AvgIpc) is 3.73. The Labute approximate surface area is 391 Å². The molecule has 0 fully saturated rings. The van der Waals surface area contributed by atoms with Crippen LogP contribution < -0.4 is 33.2 Å². The lowest BCUT2D eigenvalue weighted by Gasteiger charge is -2.33. The minimum absolute atomic E-state index is 0.0281. The van der Waals surface area contributed by atoms with Crippen molar-refractivity contribution in [2.75, 3.05) is 28.4 Å². The highest BCUT2D eigenvalue weighted by molar-refractivity contribution is 5.90. The lowest BCUT2D eigenvalue weighted by Crippen LogP contribution is -2.48. The molecular formula is C49H52O19. The van der Waals surface area contributed by atoms with Crippen LogP contribution in [0.3, 0.4) is 0 Å². The zero-order chi connectivity index (χ0) is 49.5. The number of phenols is 1. The molecule has 362 valence electrons. The molecule has 5 aromatic rings. The maximum atomic E-state index is 14.2. The first-order valence-corrected chi connectivity index (χ1v) is 20.9. The van der Waals surface area contributed by atoms with Gasteiger partial charge in [-0.25, -0.2) is 24.0 Å². The highest BCUT2D eigenvalue weighted by Crippen LogP contribution is 2.34. The van der Waals surface area contributed by atoms with E-state index < -0.39 is 72.8 Å². The number of esters is 5. The molecule has 5 rings (SSSR count). The minimum atomic E-state index is -2.32. The summed E-state index contributed by atoms with van der Waals surface area (Å²) >= 11 is 0. The van der Waals surface area contributed by atoms with Crippen LogP contribution in [-0.4, -0.2) is 100 Å². The summed E-state index contributed by atoms with van der Waals surface area (Å²) in [5.74, 6) is -3.61. The quantitative estimate of drug-likeness (QED) is 0.0399. The van der Waals surface area contributed by atoms with E-state index in [-0.39, 0.29) is 45.8 Å². The van der Waals surface area contributed by atoms with Crippen LogP contribution in [0.4, 0.5) is 0 Å². The maximum Gasteiger partial charge on any atom is 0.350 e. The maximum absolute atomic E-state index is 14.2. The van der Waals surface area contributed by atoms with Crippen LogP contribution >= 0.6 is 0 Å². The summed E-state index contributed by atoms with van der Waals surface area (Å²) in [4.78, 5) is 69.4. The minimum Gasteiger partial charge on any atom is -0.508 e. The standard InChI is InChI=1S/C49H52O19/c1-27-40(48(55)59-9)26-41(64-27)42(65-44(51)28(2)60-37-20-14-33(56-6)15-21-37)43(66-45(52)29(3)61-38-22-16-34(57-7)17-23-38)49(67-46(53)30(4)62-36-12-10-32(50)11-13-36)68-47(54)31(5)63-39-24-18-35(58-8)19-25-39/h10-26,28-31,42-43,49-50H,1-9H3. The van der Waals surface area contributed by atoms with Crippen molar-refractivity contribution in [3.8, 4) is 46.0 Å². The predicted molar refractivity (Wildman–Crippen MR) is 237 cm³/mol. The molecule has 0 bridgehead atoms. The number of phenolic OH excluding ortho intramolecular Hbond substituents is 1. The molecule has 0 aliphatic carbocycles. The SMILES string of the molecule is COC(=O)c1cc(C(OC(=O)C(C)Oc2ccc(OC)cc2)C(OC(=O)C(C)Oc2ccc(OC)cc2)C(OC(=O)C(C)Oc2ccc(O)cc2)OC(=O)C(C)Oc2ccc(OC)cc2)oc1C. The Morgan fingerprint density at radius 2 is 0.794 bits per heavy atom. The Balaban J connectivity index is 1.60. The number of furan rings is 1. The zero-order valence-corrected chi connectivity index (χ0v) is 38.7. The Kier molecular flexibility index (Phi) is 17.9. The molecule has 1 heterocycles. The van der Waals surface area contributed by atoms with Gasteiger partial charge in [-0.1, -0.05) is 0 Å². The number of rotatable bonds is 23. The van der Waals surface area contributed by atoms with E-state index in [1.54, 1.807) is 48.5 Å². The molecule has 0 amide bonds. The molecule has 19 nitrogen and oxygen atoms in total. The molecular weight excluding hydrogens is 893 g/mol. The third-order valence-electron chi connectivity index (χ3n) is 9.74. The molecule has 7 atom stereocenters. The molecule has 1 aromatic heterocycles. The molecule has 0 aliphatic rings. The van der Waals surface area contributed by atoms with Crippen LogP contribution in [0, 0.1) is 6.92 Å². The molecule has 1 N–H and O–H groups in total. The van der Waals surface area contributed by atoms with E-state index in [2.05, 4.69) is 0 Å². The first-order chi connectivity index (χ1) is 32.5. The van der Waals surface area contributed by atoms with Gasteiger partial charge in [0.1, 0.15) is 63.1 Å². The van der Waals surface area contributed by atoms with Gasteiger partial charge in [-0.15, -0.1) is 0 Å². The van der Waals surface area contributed by atoms with Crippen molar-refractivity contribution in [3.05, 3.63) is 120 Å². The fraction of sp³-hybridized carbons (Fsp3) is 0.327. The van der Waals surface area contributed by atoms with Crippen molar-refractivity contribution in [1.82, 2.24) is 0 Å². The number of benzene rings is 4. The number of aryl methyl sites for hydroxylation is 1. The smallest absolute Gasteiger partial charge is 0.350 e. The first kappa shape index (κ1) is 50.9. The van der Waals surface area contributed by atoms with Gasteiger partial charge < -0.3 is 66.4 Å². The van der Waals surface area contributed by atoms with E-state index in [0.717, 1.165) is 13.2 Å². The Morgan fingerprint density at radius 1 is 0.471 bits per heavy atom. The van der Waals surface area contributed by atoms with E-state index in [1.165, 1.54) is 104 Å². The topological polar surface area (TPSA) is 229 Å². The average molecular weight is 945 g/mol. The van der Waals surface area contributed by atoms with Crippen molar-refractivity contribution >= 4 is 29.8 Å². The molecule has 0 saturated carbocycles. The van der Waals surface area contributed by atoms with Crippen LogP contribution in [0.15, 0.2) is 108 Å². The second-order valence-electron chi connectivity index (χ2n) is 14.7. The third-order valence-corrected chi connectivity index (χ3v) is 9.74. The van der Waals surface area contributed by atoms with Crippen molar-refractivity contribution in [2.24, 2.45) is 0 Å². The van der Waals surface area contributed by atoms with Crippen molar-refractivity contribution in [1.29, 1.82) is 0 Å². The molecule has 0 aliphatic heterocycles. The van der Waals surface area contributed by atoms with Gasteiger partial charge in [-0.2, -0.15) is 0 Å². The molecule has 0 radical (unpaired) electrons. The van der Waals surface area contributed by atoms with Crippen molar-refractivity contribution < 1.29 is 90.3 Å². The van der Waals surface area contributed by atoms with Gasteiger partial charge in [0.15, 0.2) is 24.4 Å². The van der Waals surface area contributed by atoms with Gasteiger partial charge in [-0.05, 0) is 138 Å². The van der Waals surface area contributed by atoms with Crippen LogP contribution in [0.25, 0.3) is 0 Å². The Morgan fingerprint density at radius 3 is 1.15 bits per heavy atom. The highest BCUT2D eigenvalue weighted by atomic mass is 16.8. The number of aromatic hydroxyl groups is 1. The lowest BCUT2D eigenvalue weighted by atomic mass is 10.1. The fourth-order valence-corrected chi connectivity index (χ4v) is 6.03. The summed E-state index contributed by atoms with van der Waals surface area (Å²) in [6.07, 6.45) is -12.2. The van der Waals surface area contributed by atoms with Crippen LogP contribution in [0.1, 0.15) is 55.7 Å². The number of carbonyl (C=O) groups excluding carboxylic acids is 5. The summed E-state index contributed by atoms with van der Waals surface area (Å²) in [6, 6.07) is 25.3. The second kappa shape index (κ2) is 23.9. The van der Waals surface area contributed by atoms with Crippen LogP contribution in [0.5, 0.6) is 46.0 Å². The lowest BCUT2D eigenvalue weighted by molar-refractivity contribution is -0.238. The Hall–Kier alpha value is -8.09. The highest BCUT2D eigenvalue weighted by Gasteiger charge is 2.46. The number of hydrogen-bond acceptors (Lipinski definition) is 19. The van der Waals surface area contributed by atoms with E-state index >= 15 is 0 Å². The number of methoxy groups -OCH3 is 4. The Bertz CT molecular complexity index is 2450. The number of ether oxygens (including phenoxy) is 12. The first-order valence-electron chi connectivity index (χ1n) is 20.9. The van der Waals surface area contributed by atoms with Crippen LogP contribution in [0.2, 0.25) is 0 Å². The van der Waals surface area contributed by atoms with Gasteiger partial charge in [0.2, 0.25) is 12.2 Å². The molecule has 4 aromatic carbocycles. The number of carbonyl (C=O) groups is 5. The fourth-order valence-electron chi connectivity index (χ4n) is 6.03. The zero-order valence-electron chi connectivity index (χ0n) is 38.7. The van der Waals surface area contributed by atoms with Crippen molar-refractivity contribution in [2.45, 2.75) is 77.5 Å². The predicted octanol–water partition coefficient (Wildman–Crippen LogP) is 6.88. The van der Waals surface area contributed by atoms with Crippen LogP contribution in [-0.2, 0) is 42.9 Å². The van der Waals surface area contributed by atoms with E-state index in [9.17, 15) is 29.1 Å². The molecule has 7 unspecified atom stereocenters. The largest absolute Gasteiger partial charge is 0.508 e. The third kappa shape index (κ3) is 14.0. The van der Waals surface area contributed by atoms with Gasteiger partial charge in [0, 0.05) is 0 Å². The summed E-state index contributed by atoms with van der Waals surface area (Å²) < 4.78 is 73.6. The molecule has 68 heavy (non-hydrogen) atoms. The van der Waals surface area contributed by atoms with Gasteiger partial charge in [0.05, 0.1) is 28.4 Å². The summed E-state index contributed by atoms with van der Waals surface area (Å²) in [7, 11) is 5.56. The van der Waals surface area contributed by atoms with Gasteiger partial charge in [0.25, 0.3) is 6.29 Å².